The number of amides is 1. The molecule has 0 heterocycles. The maximum atomic E-state index is 11.9. The highest BCUT2D eigenvalue weighted by Crippen LogP contribution is 2.27. The lowest BCUT2D eigenvalue weighted by Gasteiger charge is -2.10. The molecule has 0 saturated heterocycles. The van der Waals surface area contributed by atoms with E-state index in [0.717, 1.165) is 11.1 Å². The molecule has 0 aliphatic rings. The number of rotatable bonds is 8. The lowest BCUT2D eigenvalue weighted by Crippen LogP contribution is -2.26. The van der Waals surface area contributed by atoms with Crippen molar-refractivity contribution in [3.63, 3.8) is 0 Å². The molecule has 1 amide bonds. The van der Waals surface area contributed by atoms with Gasteiger partial charge in [-0.15, -0.1) is 0 Å². The highest BCUT2D eigenvalue weighted by Gasteiger charge is 2.09. The smallest absolute Gasteiger partial charge is 0.263 e. The van der Waals surface area contributed by atoms with Gasteiger partial charge in [0.2, 0.25) is 0 Å². The quantitative estimate of drug-likeness (QED) is 0.434. The molecular weight excluding hydrogens is 314 g/mol. The Hall–Kier alpha value is -2.03. The Morgan fingerprint density at radius 1 is 1.43 bits per heavy atom. The second-order valence-corrected chi connectivity index (χ2v) is 5.47. The number of nitrogens with zero attached hydrogens (tertiary/aromatic N) is 1. The Kier molecular flexibility index (Phi) is 8.17. The van der Waals surface area contributed by atoms with Crippen LogP contribution < -0.4 is 10.6 Å². The predicted octanol–water partition coefficient (Wildman–Crippen LogP) is 3.32. The lowest BCUT2D eigenvalue weighted by atomic mass is 10.1. The second-order valence-electron chi connectivity index (χ2n) is 5.06. The van der Waals surface area contributed by atoms with Crippen LogP contribution in [0.4, 0.5) is 5.69 Å². The molecule has 1 aromatic carbocycles. The summed E-state index contributed by atoms with van der Waals surface area (Å²) < 4.78 is 5.19. The van der Waals surface area contributed by atoms with Crippen LogP contribution >= 0.6 is 11.6 Å². The molecule has 0 bridgehead atoms. The van der Waals surface area contributed by atoms with Crippen molar-refractivity contribution in [3.05, 3.63) is 40.1 Å². The minimum Gasteiger partial charge on any atom is -0.382 e. The Morgan fingerprint density at radius 2 is 2.17 bits per heavy atom. The van der Waals surface area contributed by atoms with Crippen molar-refractivity contribution < 1.29 is 9.53 Å². The van der Waals surface area contributed by atoms with E-state index < -0.39 is 5.91 Å². The van der Waals surface area contributed by atoms with Crippen LogP contribution in [0.15, 0.2) is 23.9 Å². The number of aryl methyl sites for hydroxylation is 2. The van der Waals surface area contributed by atoms with Crippen molar-refractivity contribution in [2.45, 2.75) is 27.2 Å². The number of carbonyl (C=O) groups excluding carboxylic acids is 1. The van der Waals surface area contributed by atoms with Crippen LogP contribution in [0, 0.1) is 25.2 Å². The molecular formula is C17H22ClN3O2. The molecule has 2 N–H and O–H groups in total. The molecule has 0 spiro atoms. The predicted molar refractivity (Wildman–Crippen MR) is 92.4 cm³/mol. The number of anilines is 1. The number of nitrogens with one attached hydrogen (secondary N) is 2. The largest absolute Gasteiger partial charge is 0.382 e. The van der Waals surface area contributed by atoms with Gasteiger partial charge in [0.15, 0.2) is 0 Å². The van der Waals surface area contributed by atoms with Gasteiger partial charge < -0.3 is 15.4 Å². The number of nitriles is 1. The molecule has 1 aromatic rings. The number of benzene rings is 1. The summed E-state index contributed by atoms with van der Waals surface area (Å²) in [6.07, 6.45) is 2.08. The van der Waals surface area contributed by atoms with Crippen molar-refractivity contribution in [1.29, 1.82) is 5.26 Å². The number of hydrogen-bond donors (Lipinski definition) is 2. The van der Waals surface area contributed by atoms with Gasteiger partial charge in [0.25, 0.3) is 5.91 Å². The van der Waals surface area contributed by atoms with E-state index in [4.69, 9.17) is 21.6 Å². The van der Waals surface area contributed by atoms with Crippen molar-refractivity contribution in [2.75, 3.05) is 25.1 Å². The van der Waals surface area contributed by atoms with Crippen molar-refractivity contribution in [3.8, 4) is 6.07 Å². The zero-order valence-electron chi connectivity index (χ0n) is 13.7. The van der Waals surface area contributed by atoms with Crippen LogP contribution in [-0.4, -0.2) is 25.7 Å². The maximum absolute atomic E-state index is 11.9. The second kappa shape index (κ2) is 9.88. The van der Waals surface area contributed by atoms with E-state index in [1.165, 1.54) is 6.20 Å². The van der Waals surface area contributed by atoms with E-state index in [1.807, 2.05) is 39.0 Å². The van der Waals surface area contributed by atoms with E-state index in [2.05, 4.69) is 10.6 Å². The van der Waals surface area contributed by atoms with Crippen molar-refractivity contribution in [2.24, 2.45) is 0 Å². The lowest BCUT2D eigenvalue weighted by molar-refractivity contribution is -0.117. The summed E-state index contributed by atoms with van der Waals surface area (Å²) in [5.74, 6) is -0.419. The molecule has 1 rings (SSSR count). The Morgan fingerprint density at radius 3 is 2.78 bits per heavy atom. The molecule has 5 nitrogen and oxygen atoms in total. The first-order valence-electron chi connectivity index (χ1n) is 7.49. The summed E-state index contributed by atoms with van der Waals surface area (Å²) in [5.41, 5.74) is 2.68. The van der Waals surface area contributed by atoms with Gasteiger partial charge in [0.05, 0.1) is 10.7 Å². The fraction of sp³-hybridized carbons (Fsp3) is 0.412. The van der Waals surface area contributed by atoms with E-state index >= 15 is 0 Å². The minimum atomic E-state index is -0.419. The van der Waals surface area contributed by atoms with Crippen LogP contribution in [0.5, 0.6) is 0 Å². The van der Waals surface area contributed by atoms with Crippen LogP contribution in [0.2, 0.25) is 5.02 Å². The van der Waals surface area contributed by atoms with E-state index in [9.17, 15) is 4.79 Å². The Balaban J connectivity index is 2.66. The summed E-state index contributed by atoms with van der Waals surface area (Å²) in [6, 6.07) is 5.68. The third kappa shape index (κ3) is 6.31. The summed E-state index contributed by atoms with van der Waals surface area (Å²) in [4.78, 5) is 11.9. The van der Waals surface area contributed by atoms with Gasteiger partial charge in [-0.25, -0.2) is 0 Å². The van der Waals surface area contributed by atoms with Crippen LogP contribution in [0.3, 0.4) is 0 Å². The summed E-state index contributed by atoms with van der Waals surface area (Å²) in [6.45, 7) is 7.47. The summed E-state index contributed by atoms with van der Waals surface area (Å²) in [7, 11) is 0. The fourth-order valence-electron chi connectivity index (χ4n) is 2.01. The Labute approximate surface area is 142 Å². The maximum Gasteiger partial charge on any atom is 0.263 e. The van der Waals surface area contributed by atoms with E-state index in [0.29, 0.717) is 36.9 Å². The molecule has 0 fully saturated rings. The first-order chi connectivity index (χ1) is 11.0. The SMILES string of the molecule is CCOCCCNC(=O)/C(C#N)=C\Nc1c(C)cc(C)cc1Cl. The standard InChI is InChI=1S/C17H22ClN3O2/c1-4-23-7-5-6-20-17(22)14(10-19)11-21-16-13(3)8-12(2)9-15(16)18/h8-9,11,21H,4-7H2,1-3H3,(H,20,22)/b14-11-. The zero-order chi connectivity index (χ0) is 17.2. The number of carbonyl (C=O) groups is 1. The summed E-state index contributed by atoms with van der Waals surface area (Å²) >= 11 is 6.18. The van der Waals surface area contributed by atoms with Gasteiger partial charge in [-0.1, -0.05) is 17.7 Å². The first-order valence-corrected chi connectivity index (χ1v) is 7.86. The molecule has 23 heavy (non-hydrogen) atoms. The average molecular weight is 336 g/mol. The normalized spacial score (nSPS) is 11.0. The van der Waals surface area contributed by atoms with E-state index in [-0.39, 0.29) is 5.57 Å². The molecule has 0 unspecified atom stereocenters. The van der Waals surface area contributed by atoms with Crippen LogP contribution in [0.1, 0.15) is 24.5 Å². The molecule has 124 valence electrons. The van der Waals surface area contributed by atoms with E-state index in [1.54, 1.807) is 0 Å². The topological polar surface area (TPSA) is 74.1 Å². The third-order valence-electron chi connectivity index (χ3n) is 3.11. The first kappa shape index (κ1) is 19.0. The zero-order valence-corrected chi connectivity index (χ0v) is 14.5. The molecule has 0 aliphatic heterocycles. The summed E-state index contributed by atoms with van der Waals surface area (Å²) in [5, 5.41) is 15.3. The van der Waals surface area contributed by atoms with Crippen LogP contribution in [0.25, 0.3) is 0 Å². The molecule has 0 radical (unpaired) electrons. The minimum absolute atomic E-state index is 0.00236. The number of hydrogen-bond acceptors (Lipinski definition) is 4. The third-order valence-corrected chi connectivity index (χ3v) is 3.41. The molecule has 0 aromatic heterocycles. The molecule has 0 aliphatic carbocycles. The van der Waals surface area contributed by atoms with Crippen molar-refractivity contribution in [1.82, 2.24) is 5.32 Å². The van der Waals surface area contributed by atoms with Gasteiger partial charge in [0.1, 0.15) is 11.6 Å². The van der Waals surface area contributed by atoms with Gasteiger partial charge in [-0.05, 0) is 44.4 Å². The highest BCUT2D eigenvalue weighted by molar-refractivity contribution is 6.33. The van der Waals surface area contributed by atoms with Gasteiger partial charge in [-0.3, -0.25) is 4.79 Å². The highest BCUT2D eigenvalue weighted by atomic mass is 35.5. The fourth-order valence-corrected chi connectivity index (χ4v) is 2.38. The van der Waals surface area contributed by atoms with Gasteiger partial charge >= 0.3 is 0 Å². The van der Waals surface area contributed by atoms with Gasteiger partial charge in [0, 0.05) is 26.0 Å². The average Bonchev–Trinajstić information content (AvgIpc) is 2.49. The number of halogens is 1. The van der Waals surface area contributed by atoms with Crippen molar-refractivity contribution >= 4 is 23.2 Å². The Bertz CT molecular complexity index is 598. The monoisotopic (exact) mass is 335 g/mol. The van der Waals surface area contributed by atoms with Crippen LogP contribution in [-0.2, 0) is 9.53 Å². The molecule has 0 atom stereocenters. The molecule has 0 saturated carbocycles. The number of ether oxygens (including phenoxy) is 1. The van der Waals surface area contributed by atoms with Gasteiger partial charge in [-0.2, -0.15) is 5.26 Å². The molecule has 6 heteroatoms.